The van der Waals surface area contributed by atoms with Crippen molar-refractivity contribution in [1.29, 1.82) is 0 Å². The molecule has 0 aliphatic heterocycles. The Morgan fingerprint density at radius 3 is 2.77 bits per heavy atom. The van der Waals surface area contributed by atoms with E-state index in [2.05, 4.69) is 20.9 Å². The molecule has 3 aromatic heterocycles. The van der Waals surface area contributed by atoms with Gasteiger partial charge in [0.05, 0.1) is 29.3 Å². The molecule has 4 aromatic rings. The molecule has 30 heavy (non-hydrogen) atoms. The first-order valence-corrected chi connectivity index (χ1v) is 10.1. The maximum atomic E-state index is 12.7. The highest BCUT2D eigenvalue weighted by Crippen LogP contribution is 2.23. The van der Waals surface area contributed by atoms with Crippen LogP contribution in [0.3, 0.4) is 0 Å². The summed E-state index contributed by atoms with van der Waals surface area (Å²) in [7, 11) is 2.00. The standard InChI is InChI=1S/C23H26N4O3/c1-15-13-27-14-20(25-22(27)16(2)24-15)19-12-18-7-6-17(11-21(18)30-23(19)29)5-4-8-26(3)9-10-28/h6-7,11-14,28H,4-5,8-10H2,1-3H3. The molecule has 0 aliphatic rings. The summed E-state index contributed by atoms with van der Waals surface area (Å²) in [6, 6.07) is 7.84. The van der Waals surface area contributed by atoms with Crippen LogP contribution in [-0.2, 0) is 6.42 Å². The van der Waals surface area contributed by atoms with E-state index in [0.29, 0.717) is 23.4 Å². The lowest BCUT2D eigenvalue weighted by molar-refractivity contribution is 0.220. The molecule has 0 radical (unpaired) electrons. The van der Waals surface area contributed by atoms with Crippen LogP contribution in [0, 0.1) is 13.8 Å². The molecular formula is C23H26N4O3. The first kappa shape index (κ1) is 20.3. The van der Waals surface area contributed by atoms with E-state index < -0.39 is 5.63 Å². The number of hydrogen-bond acceptors (Lipinski definition) is 6. The third-order valence-corrected chi connectivity index (χ3v) is 5.29. The number of aromatic nitrogens is 3. The van der Waals surface area contributed by atoms with Crippen molar-refractivity contribution < 1.29 is 9.52 Å². The molecule has 7 nitrogen and oxygen atoms in total. The maximum absolute atomic E-state index is 12.7. The van der Waals surface area contributed by atoms with Gasteiger partial charge in [0.15, 0.2) is 5.65 Å². The Bertz CT molecular complexity index is 1260. The van der Waals surface area contributed by atoms with Crippen LogP contribution >= 0.6 is 0 Å². The van der Waals surface area contributed by atoms with Crippen molar-refractivity contribution in [2.75, 3.05) is 26.7 Å². The summed E-state index contributed by atoms with van der Waals surface area (Å²) in [5.74, 6) is 0. The predicted molar refractivity (Wildman–Crippen MR) is 117 cm³/mol. The fraction of sp³-hybridized carbons (Fsp3) is 0.348. The highest BCUT2D eigenvalue weighted by atomic mass is 16.4. The Balaban J connectivity index is 1.61. The number of nitrogens with zero attached hydrogens (tertiary/aromatic N) is 4. The monoisotopic (exact) mass is 406 g/mol. The lowest BCUT2D eigenvalue weighted by Crippen LogP contribution is -2.23. The maximum Gasteiger partial charge on any atom is 0.345 e. The zero-order valence-corrected chi connectivity index (χ0v) is 17.6. The Labute approximate surface area is 174 Å². The molecule has 0 saturated heterocycles. The van der Waals surface area contributed by atoms with Gasteiger partial charge in [0.1, 0.15) is 5.58 Å². The smallest absolute Gasteiger partial charge is 0.345 e. The minimum absolute atomic E-state index is 0.169. The van der Waals surface area contributed by atoms with Crippen LogP contribution in [-0.4, -0.2) is 51.1 Å². The lowest BCUT2D eigenvalue weighted by Gasteiger charge is -2.14. The highest BCUT2D eigenvalue weighted by Gasteiger charge is 2.14. The molecule has 0 spiro atoms. The summed E-state index contributed by atoms with van der Waals surface area (Å²) in [5.41, 5.74) is 4.79. The number of imidazole rings is 1. The second-order valence-electron chi connectivity index (χ2n) is 7.77. The fourth-order valence-electron chi connectivity index (χ4n) is 3.76. The quantitative estimate of drug-likeness (QED) is 0.475. The minimum Gasteiger partial charge on any atom is -0.422 e. The van der Waals surface area contributed by atoms with E-state index in [1.807, 2.05) is 55.9 Å². The van der Waals surface area contributed by atoms with E-state index >= 15 is 0 Å². The summed E-state index contributed by atoms with van der Waals surface area (Å²) in [5, 5.41) is 9.85. The van der Waals surface area contributed by atoms with Crippen LogP contribution in [0.4, 0.5) is 0 Å². The Kier molecular flexibility index (Phi) is 5.65. The molecule has 1 aromatic carbocycles. The van der Waals surface area contributed by atoms with Crippen molar-refractivity contribution in [3.05, 3.63) is 64.0 Å². The summed E-state index contributed by atoms with van der Waals surface area (Å²) < 4.78 is 7.54. The van der Waals surface area contributed by atoms with Crippen LogP contribution in [0.15, 0.2) is 45.9 Å². The Hall–Kier alpha value is -3.03. The molecule has 0 amide bonds. The third kappa shape index (κ3) is 4.13. The summed E-state index contributed by atoms with van der Waals surface area (Å²) >= 11 is 0. The number of fused-ring (bicyclic) bond motifs is 2. The van der Waals surface area contributed by atoms with Crippen LogP contribution in [0.5, 0.6) is 0 Å². The molecule has 0 bridgehead atoms. The van der Waals surface area contributed by atoms with Crippen LogP contribution in [0.25, 0.3) is 27.9 Å². The van der Waals surface area contributed by atoms with Crippen molar-refractivity contribution in [3.8, 4) is 11.3 Å². The average Bonchev–Trinajstić information content (AvgIpc) is 3.11. The van der Waals surface area contributed by atoms with E-state index in [9.17, 15) is 4.79 Å². The number of aryl methyl sites for hydroxylation is 3. The number of likely N-dealkylation sites (N-methyl/N-ethyl adjacent to an activating group) is 1. The van der Waals surface area contributed by atoms with Crippen LogP contribution in [0.2, 0.25) is 0 Å². The predicted octanol–water partition coefficient (Wildman–Crippen LogP) is 2.98. The molecule has 7 heteroatoms. The van der Waals surface area contributed by atoms with Gasteiger partial charge < -0.3 is 18.8 Å². The second-order valence-corrected chi connectivity index (χ2v) is 7.77. The molecule has 3 heterocycles. The number of rotatable bonds is 7. The van der Waals surface area contributed by atoms with Gasteiger partial charge in [-0.3, -0.25) is 4.98 Å². The van der Waals surface area contributed by atoms with Crippen LogP contribution < -0.4 is 5.63 Å². The zero-order valence-electron chi connectivity index (χ0n) is 17.6. The second kappa shape index (κ2) is 8.38. The SMILES string of the molecule is Cc1cn2cc(-c3cc4ccc(CCCN(C)CCO)cc4oc3=O)nc2c(C)n1. The number of aliphatic hydroxyl groups is 1. The van der Waals surface area contributed by atoms with E-state index in [1.54, 1.807) is 0 Å². The molecule has 0 fully saturated rings. The number of aliphatic hydroxyl groups excluding tert-OH is 1. The summed E-state index contributed by atoms with van der Waals surface area (Å²) in [6.45, 7) is 5.59. The van der Waals surface area contributed by atoms with Gasteiger partial charge in [-0.1, -0.05) is 12.1 Å². The van der Waals surface area contributed by atoms with E-state index in [0.717, 1.165) is 47.4 Å². The molecule has 0 unspecified atom stereocenters. The van der Waals surface area contributed by atoms with Crippen molar-refractivity contribution in [2.45, 2.75) is 26.7 Å². The lowest BCUT2D eigenvalue weighted by atomic mass is 10.1. The topological polar surface area (TPSA) is 83.9 Å². The summed E-state index contributed by atoms with van der Waals surface area (Å²) in [4.78, 5) is 23.8. The average molecular weight is 406 g/mol. The van der Waals surface area contributed by atoms with Gasteiger partial charge in [0.2, 0.25) is 0 Å². The van der Waals surface area contributed by atoms with E-state index in [4.69, 9.17) is 9.52 Å². The minimum atomic E-state index is -0.395. The Morgan fingerprint density at radius 2 is 1.97 bits per heavy atom. The number of hydrogen-bond donors (Lipinski definition) is 1. The molecule has 0 atom stereocenters. The Morgan fingerprint density at radius 1 is 1.13 bits per heavy atom. The van der Waals surface area contributed by atoms with Crippen LogP contribution in [0.1, 0.15) is 23.4 Å². The fourth-order valence-corrected chi connectivity index (χ4v) is 3.76. The largest absolute Gasteiger partial charge is 0.422 e. The molecular weight excluding hydrogens is 380 g/mol. The van der Waals surface area contributed by atoms with Crippen molar-refractivity contribution in [2.24, 2.45) is 0 Å². The number of benzene rings is 1. The van der Waals surface area contributed by atoms with Crippen molar-refractivity contribution >= 4 is 16.6 Å². The molecule has 0 aliphatic carbocycles. The van der Waals surface area contributed by atoms with Gasteiger partial charge in [-0.2, -0.15) is 0 Å². The van der Waals surface area contributed by atoms with Gasteiger partial charge in [-0.25, -0.2) is 9.78 Å². The third-order valence-electron chi connectivity index (χ3n) is 5.29. The van der Waals surface area contributed by atoms with Gasteiger partial charge in [0, 0.05) is 24.3 Å². The highest BCUT2D eigenvalue weighted by molar-refractivity contribution is 5.81. The van der Waals surface area contributed by atoms with E-state index in [1.165, 1.54) is 0 Å². The van der Waals surface area contributed by atoms with Gasteiger partial charge in [-0.15, -0.1) is 0 Å². The zero-order chi connectivity index (χ0) is 21.3. The normalized spacial score (nSPS) is 11.8. The molecule has 1 N–H and O–H groups in total. The molecule has 156 valence electrons. The van der Waals surface area contributed by atoms with E-state index in [-0.39, 0.29) is 6.61 Å². The first-order valence-electron chi connectivity index (χ1n) is 10.1. The van der Waals surface area contributed by atoms with Crippen molar-refractivity contribution in [1.82, 2.24) is 19.3 Å². The first-order chi connectivity index (χ1) is 14.4. The van der Waals surface area contributed by atoms with Gasteiger partial charge in [0.25, 0.3) is 0 Å². The van der Waals surface area contributed by atoms with Crippen molar-refractivity contribution in [3.63, 3.8) is 0 Å². The molecule has 0 saturated carbocycles. The molecule has 4 rings (SSSR count). The van der Waals surface area contributed by atoms with Gasteiger partial charge >= 0.3 is 5.63 Å². The van der Waals surface area contributed by atoms with Gasteiger partial charge in [-0.05, 0) is 58.0 Å². The summed E-state index contributed by atoms with van der Waals surface area (Å²) in [6.07, 6.45) is 5.59.